The van der Waals surface area contributed by atoms with E-state index in [4.69, 9.17) is 9.47 Å². The van der Waals surface area contributed by atoms with Crippen LogP contribution in [0, 0.1) is 0 Å². The second-order valence-corrected chi connectivity index (χ2v) is 16.8. The molecule has 1 atom stereocenters. The van der Waals surface area contributed by atoms with Crippen LogP contribution in [0.15, 0.2) is 243 Å². The van der Waals surface area contributed by atoms with Gasteiger partial charge in [-0.25, -0.2) is 0 Å². The molecule has 1 unspecified atom stereocenters. The van der Waals surface area contributed by atoms with Crippen molar-refractivity contribution in [1.82, 2.24) is 4.57 Å². The van der Waals surface area contributed by atoms with Gasteiger partial charge in [0, 0.05) is 39.1 Å². The quantitative estimate of drug-likeness (QED) is 0.160. The van der Waals surface area contributed by atoms with Crippen molar-refractivity contribution in [2.24, 2.45) is 0 Å². The minimum Gasteiger partial charge on any atom is -0.449 e. The van der Waals surface area contributed by atoms with E-state index in [1.807, 2.05) is 24.3 Å². The van der Waals surface area contributed by atoms with Crippen LogP contribution < -0.4 is 14.4 Å². The van der Waals surface area contributed by atoms with E-state index in [9.17, 15) is 0 Å². The van der Waals surface area contributed by atoms with Gasteiger partial charge in [0.2, 0.25) is 0 Å². The van der Waals surface area contributed by atoms with Crippen molar-refractivity contribution >= 4 is 38.9 Å². The van der Waals surface area contributed by atoms with Crippen molar-refractivity contribution in [2.45, 2.75) is 5.41 Å². The average Bonchev–Trinajstić information content (AvgIpc) is 3.88. The van der Waals surface area contributed by atoms with Gasteiger partial charge in [-0.05, 0) is 112 Å². The molecule has 4 heteroatoms. The summed E-state index contributed by atoms with van der Waals surface area (Å²) in [6, 6.07) is 86.8. The van der Waals surface area contributed by atoms with Crippen LogP contribution in [0.4, 0.5) is 17.1 Å². The SMILES string of the molecule is c1ccc(N(c2ccc(-c3ccc(C4(c5ccccc5)c5ccccc5-c5c4ccc4c5Oc5ccccc5O4)cc3)cc2)c2ccc3c4ccccc4n(-c4ccccc4)c3c2)cc1. The van der Waals surface area contributed by atoms with Crippen LogP contribution >= 0.6 is 0 Å². The molecule has 11 aromatic rings. The Labute approximate surface area is 377 Å². The lowest BCUT2D eigenvalue weighted by molar-refractivity contribution is 0.360. The molecular weight excluding hydrogens is 793 g/mol. The van der Waals surface area contributed by atoms with E-state index in [1.165, 1.54) is 44.1 Å². The zero-order valence-electron chi connectivity index (χ0n) is 35.3. The third-order valence-corrected chi connectivity index (χ3v) is 13.3. The van der Waals surface area contributed by atoms with Crippen molar-refractivity contribution in [2.75, 3.05) is 4.90 Å². The monoisotopic (exact) mass is 832 g/mol. The van der Waals surface area contributed by atoms with Crippen LogP contribution in [0.5, 0.6) is 23.0 Å². The van der Waals surface area contributed by atoms with Gasteiger partial charge in [0.05, 0.1) is 16.4 Å². The van der Waals surface area contributed by atoms with Crippen LogP contribution in [0.2, 0.25) is 0 Å². The molecular formula is C61H40N2O2. The lowest BCUT2D eigenvalue weighted by Crippen LogP contribution is -2.28. The average molecular weight is 833 g/mol. The Bertz CT molecular complexity index is 3580. The predicted octanol–water partition coefficient (Wildman–Crippen LogP) is 16.2. The molecule has 0 fully saturated rings. The van der Waals surface area contributed by atoms with Gasteiger partial charge in [0.25, 0.3) is 0 Å². The maximum atomic E-state index is 6.73. The van der Waals surface area contributed by atoms with Crippen molar-refractivity contribution in [1.29, 1.82) is 0 Å². The molecule has 0 N–H and O–H groups in total. The lowest BCUT2D eigenvalue weighted by atomic mass is 9.67. The van der Waals surface area contributed by atoms with E-state index in [-0.39, 0.29) is 0 Å². The summed E-state index contributed by atoms with van der Waals surface area (Å²) in [5, 5.41) is 2.47. The Morgan fingerprint density at radius 3 is 1.71 bits per heavy atom. The van der Waals surface area contributed by atoms with Gasteiger partial charge in [-0.15, -0.1) is 0 Å². The Kier molecular flexibility index (Phi) is 8.40. The minimum atomic E-state index is -0.589. The van der Waals surface area contributed by atoms with Gasteiger partial charge in [0.15, 0.2) is 23.0 Å². The molecule has 1 aliphatic carbocycles. The molecule has 306 valence electrons. The van der Waals surface area contributed by atoms with Crippen LogP contribution in [-0.2, 0) is 5.41 Å². The molecule has 0 bridgehead atoms. The molecule has 0 amide bonds. The number of benzene rings is 10. The number of aromatic nitrogens is 1. The van der Waals surface area contributed by atoms with E-state index in [0.29, 0.717) is 0 Å². The van der Waals surface area contributed by atoms with Crippen molar-refractivity contribution < 1.29 is 9.47 Å². The first-order valence-electron chi connectivity index (χ1n) is 22.2. The summed E-state index contributed by atoms with van der Waals surface area (Å²) in [5.74, 6) is 2.92. The fourth-order valence-corrected chi connectivity index (χ4v) is 10.5. The Morgan fingerprint density at radius 1 is 0.369 bits per heavy atom. The summed E-state index contributed by atoms with van der Waals surface area (Å²) in [4.78, 5) is 2.35. The maximum absolute atomic E-state index is 6.73. The number of fused-ring (bicyclic) bond motifs is 9. The molecule has 2 heterocycles. The Balaban J connectivity index is 0.904. The number of hydrogen-bond acceptors (Lipinski definition) is 3. The second-order valence-electron chi connectivity index (χ2n) is 16.8. The number of nitrogens with zero attached hydrogens (tertiary/aromatic N) is 2. The molecule has 1 aliphatic heterocycles. The minimum absolute atomic E-state index is 0.589. The molecule has 2 aliphatic rings. The maximum Gasteiger partial charge on any atom is 0.178 e. The van der Waals surface area contributed by atoms with Gasteiger partial charge in [0.1, 0.15) is 0 Å². The van der Waals surface area contributed by atoms with E-state index in [1.54, 1.807) is 0 Å². The van der Waals surface area contributed by atoms with E-state index >= 15 is 0 Å². The van der Waals surface area contributed by atoms with E-state index < -0.39 is 5.41 Å². The summed E-state index contributed by atoms with van der Waals surface area (Å²) >= 11 is 0. The summed E-state index contributed by atoms with van der Waals surface area (Å²) in [6.07, 6.45) is 0. The largest absolute Gasteiger partial charge is 0.449 e. The first kappa shape index (κ1) is 37.0. The van der Waals surface area contributed by atoms with Crippen LogP contribution in [-0.4, -0.2) is 4.57 Å². The highest BCUT2D eigenvalue weighted by Crippen LogP contribution is 2.62. The Hall–Kier alpha value is -8.60. The first-order chi connectivity index (χ1) is 32.2. The Morgan fingerprint density at radius 2 is 0.938 bits per heavy atom. The molecule has 0 radical (unpaired) electrons. The summed E-state index contributed by atoms with van der Waals surface area (Å²) in [5.41, 5.74) is 15.5. The van der Waals surface area contributed by atoms with E-state index in [2.05, 4.69) is 228 Å². The highest BCUT2D eigenvalue weighted by atomic mass is 16.6. The van der Waals surface area contributed by atoms with Gasteiger partial charge in [-0.3, -0.25) is 0 Å². The predicted molar refractivity (Wildman–Crippen MR) is 265 cm³/mol. The number of rotatable bonds is 7. The standard InChI is InChI=1S/C61H40N2O2/c1-4-16-43(17-5-1)61(52-24-12-10-23-51(52)59-53(61)38-39-58-60(59)65-57-27-15-14-26-56(57)64-58)44-32-28-41(29-33-44)42-30-34-47(35-31-42)62(45-18-6-2-7-19-45)48-36-37-50-49-22-11-13-25-54(49)63(55(50)40-48)46-20-8-3-9-21-46/h1-40H. The van der Waals surface area contributed by atoms with Crippen LogP contribution in [0.3, 0.4) is 0 Å². The van der Waals surface area contributed by atoms with Crippen molar-refractivity contribution in [3.8, 4) is 50.9 Å². The summed E-state index contributed by atoms with van der Waals surface area (Å²) in [7, 11) is 0. The number of ether oxygens (including phenoxy) is 2. The third-order valence-electron chi connectivity index (χ3n) is 13.3. The summed E-state index contributed by atoms with van der Waals surface area (Å²) in [6.45, 7) is 0. The van der Waals surface area contributed by atoms with Crippen molar-refractivity contribution in [3.63, 3.8) is 0 Å². The highest BCUT2D eigenvalue weighted by molar-refractivity contribution is 6.10. The van der Waals surface area contributed by atoms with E-state index in [0.717, 1.165) is 68.0 Å². The van der Waals surface area contributed by atoms with Gasteiger partial charge < -0.3 is 18.9 Å². The third kappa shape index (κ3) is 5.71. The van der Waals surface area contributed by atoms with Crippen LogP contribution in [0.1, 0.15) is 22.3 Å². The highest BCUT2D eigenvalue weighted by Gasteiger charge is 2.48. The topological polar surface area (TPSA) is 26.6 Å². The molecule has 13 rings (SSSR count). The van der Waals surface area contributed by atoms with Gasteiger partial charge in [-0.2, -0.15) is 0 Å². The van der Waals surface area contributed by atoms with Crippen LogP contribution in [0.25, 0.3) is 49.7 Å². The molecule has 65 heavy (non-hydrogen) atoms. The smallest absolute Gasteiger partial charge is 0.178 e. The first-order valence-corrected chi connectivity index (χ1v) is 22.2. The lowest BCUT2D eigenvalue weighted by Gasteiger charge is -2.34. The second kappa shape index (κ2) is 14.8. The molecule has 10 aromatic carbocycles. The van der Waals surface area contributed by atoms with Gasteiger partial charge >= 0.3 is 0 Å². The molecule has 0 spiro atoms. The number of hydrogen-bond donors (Lipinski definition) is 0. The molecule has 0 saturated carbocycles. The molecule has 0 saturated heterocycles. The number of para-hydroxylation sites is 5. The molecule has 4 nitrogen and oxygen atoms in total. The number of anilines is 3. The normalized spacial score (nSPS) is 14.5. The zero-order valence-corrected chi connectivity index (χ0v) is 35.3. The fourth-order valence-electron chi connectivity index (χ4n) is 10.5. The summed E-state index contributed by atoms with van der Waals surface area (Å²) < 4.78 is 15.6. The molecule has 1 aromatic heterocycles. The fraction of sp³-hybridized carbons (Fsp3) is 0.0164. The van der Waals surface area contributed by atoms with Crippen molar-refractivity contribution in [3.05, 3.63) is 265 Å². The zero-order chi connectivity index (χ0) is 42.9. The van der Waals surface area contributed by atoms with Gasteiger partial charge in [-0.1, -0.05) is 170 Å².